The Hall–Kier alpha value is -1.93. The number of aromatic nitrogens is 1. The van der Waals surface area contributed by atoms with Crippen molar-refractivity contribution in [2.75, 3.05) is 17.0 Å². The summed E-state index contributed by atoms with van der Waals surface area (Å²) < 4.78 is 26.0. The number of amides is 1. The van der Waals surface area contributed by atoms with Gasteiger partial charge in [0.1, 0.15) is 5.82 Å². The second-order valence-corrected chi connectivity index (χ2v) is 7.44. The van der Waals surface area contributed by atoms with Gasteiger partial charge in [0, 0.05) is 24.0 Å². The standard InChI is InChI=1S/C14H17N3O3S2/c18-14(7-6-12-4-3-10-21-12)16-9-11-22(19,20)17-13-5-1-2-8-15-13/h1-5,8,10H,6-7,9,11H2,(H,15,17)(H,16,18). The predicted octanol–water partition coefficient (Wildman–Crippen LogP) is 1.63. The van der Waals surface area contributed by atoms with E-state index >= 15 is 0 Å². The number of hydrogen-bond acceptors (Lipinski definition) is 5. The smallest absolute Gasteiger partial charge is 0.235 e. The Morgan fingerprint density at radius 2 is 2.09 bits per heavy atom. The van der Waals surface area contributed by atoms with E-state index in [1.165, 1.54) is 6.20 Å². The lowest BCUT2D eigenvalue weighted by Crippen LogP contribution is -2.31. The third kappa shape index (κ3) is 5.82. The number of sulfonamides is 1. The summed E-state index contributed by atoms with van der Waals surface area (Å²) in [4.78, 5) is 16.7. The molecule has 6 nitrogen and oxygen atoms in total. The molecule has 0 aromatic carbocycles. The van der Waals surface area contributed by atoms with E-state index < -0.39 is 10.0 Å². The number of rotatable bonds is 8. The molecule has 1 amide bonds. The minimum atomic E-state index is -3.51. The zero-order chi connectivity index (χ0) is 15.8. The molecule has 2 aromatic rings. The monoisotopic (exact) mass is 339 g/mol. The average Bonchev–Trinajstić information content (AvgIpc) is 2.99. The predicted molar refractivity (Wildman–Crippen MR) is 87.3 cm³/mol. The van der Waals surface area contributed by atoms with Crippen LogP contribution in [0.5, 0.6) is 0 Å². The summed E-state index contributed by atoms with van der Waals surface area (Å²) >= 11 is 1.60. The van der Waals surface area contributed by atoms with Crippen LogP contribution >= 0.6 is 11.3 Å². The fraction of sp³-hybridized carbons (Fsp3) is 0.286. The molecule has 0 unspecified atom stereocenters. The number of pyridine rings is 1. The van der Waals surface area contributed by atoms with E-state index in [0.29, 0.717) is 12.8 Å². The van der Waals surface area contributed by atoms with Crippen molar-refractivity contribution in [1.82, 2.24) is 10.3 Å². The molecule has 2 heterocycles. The molecule has 2 rings (SSSR count). The van der Waals surface area contributed by atoms with Gasteiger partial charge in [0.25, 0.3) is 0 Å². The van der Waals surface area contributed by atoms with Gasteiger partial charge >= 0.3 is 0 Å². The van der Waals surface area contributed by atoms with E-state index in [-0.39, 0.29) is 24.0 Å². The first-order chi connectivity index (χ1) is 10.6. The first kappa shape index (κ1) is 16.4. The van der Waals surface area contributed by atoms with Gasteiger partial charge in [-0.05, 0) is 30.0 Å². The summed E-state index contributed by atoms with van der Waals surface area (Å²) in [6.07, 6.45) is 2.53. The van der Waals surface area contributed by atoms with Crippen molar-refractivity contribution in [2.24, 2.45) is 0 Å². The second-order valence-electron chi connectivity index (χ2n) is 4.57. The lowest BCUT2D eigenvalue weighted by Gasteiger charge is -2.08. The van der Waals surface area contributed by atoms with E-state index in [1.807, 2.05) is 17.5 Å². The van der Waals surface area contributed by atoms with E-state index in [9.17, 15) is 13.2 Å². The summed E-state index contributed by atoms with van der Waals surface area (Å²) in [7, 11) is -3.51. The number of hydrogen-bond donors (Lipinski definition) is 2. The molecule has 8 heteroatoms. The zero-order valence-electron chi connectivity index (χ0n) is 11.9. The molecule has 22 heavy (non-hydrogen) atoms. The number of carbonyl (C=O) groups is 1. The van der Waals surface area contributed by atoms with Gasteiger partial charge in [0.05, 0.1) is 5.75 Å². The van der Waals surface area contributed by atoms with Crippen molar-refractivity contribution in [2.45, 2.75) is 12.8 Å². The Balaban J connectivity index is 1.69. The Bertz CT molecular complexity index is 685. The van der Waals surface area contributed by atoms with Crippen LogP contribution in [0.25, 0.3) is 0 Å². The number of aryl methyl sites for hydroxylation is 1. The topological polar surface area (TPSA) is 88.2 Å². The summed E-state index contributed by atoms with van der Waals surface area (Å²) in [6, 6.07) is 8.87. The molecule has 0 aliphatic heterocycles. The minimum absolute atomic E-state index is 0.0748. The van der Waals surface area contributed by atoms with Crippen LogP contribution in [0.3, 0.4) is 0 Å². The summed E-state index contributed by atoms with van der Waals surface area (Å²) in [6.45, 7) is 0.0748. The molecule has 0 saturated carbocycles. The summed E-state index contributed by atoms with van der Waals surface area (Å²) in [5, 5.41) is 4.57. The number of anilines is 1. The van der Waals surface area contributed by atoms with Crippen molar-refractivity contribution in [3.63, 3.8) is 0 Å². The minimum Gasteiger partial charge on any atom is -0.355 e. The van der Waals surface area contributed by atoms with Crippen LogP contribution in [-0.4, -0.2) is 31.6 Å². The van der Waals surface area contributed by atoms with Crippen LogP contribution in [0.2, 0.25) is 0 Å². The molecule has 0 spiro atoms. The lowest BCUT2D eigenvalue weighted by atomic mass is 10.2. The molecule has 118 valence electrons. The highest BCUT2D eigenvalue weighted by molar-refractivity contribution is 7.92. The number of thiophene rings is 1. The average molecular weight is 339 g/mol. The summed E-state index contributed by atoms with van der Waals surface area (Å²) in [5.74, 6) is -0.0677. The van der Waals surface area contributed by atoms with Crippen LogP contribution in [0, 0.1) is 0 Å². The van der Waals surface area contributed by atoms with Gasteiger partial charge in [-0.25, -0.2) is 13.4 Å². The van der Waals surface area contributed by atoms with Crippen molar-refractivity contribution < 1.29 is 13.2 Å². The Kier molecular flexibility index (Phi) is 5.91. The first-order valence-corrected chi connectivity index (χ1v) is 9.29. The highest BCUT2D eigenvalue weighted by Crippen LogP contribution is 2.10. The number of nitrogens with one attached hydrogen (secondary N) is 2. The second kappa shape index (κ2) is 7.90. The normalized spacial score (nSPS) is 11.1. The Labute approximate surface area is 133 Å². The number of nitrogens with zero attached hydrogens (tertiary/aromatic N) is 1. The van der Waals surface area contributed by atoms with Crippen molar-refractivity contribution in [1.29, 1.82) is 0 Å². The van der Waals surface area contributed by atoms with Gasteiger partial charge < -0.3 is 5.32 Å². The van der Waals surface area contributed by atoms with Crippen LogP contribution in [0.1, 0.15) is 11.3 Å². The van der Waals surface area contributed by atoms with Crippen LogP contribution in [0.15, 0.2) is 41.9 Å². The van der Waals surface area contributed by atoms with Gasteiger partial charge in [-0.2, -0.15) is 0 Å². The van der Waals surface area contributed by atoms with Gasteiger partial charge in [-0.1, -0.05) is 12.1 Å². The first-order valence-electron chi connectivity index (χ1n) is 6.76. The van der Waals surface area contributed by atoms with E-state index in [2.05, 4.69) is 15.0 Å². The van der Waals surface area contributed by atoms with Crippen LogP contribution in [0.4, 0.5) is 5.82 Å². The van der Waals surface area contributed by atoms with Gasteiger partial charge in [-0.15, -0.1) is 11.3 Å². The fourth-order valence-electron chi connectivity index (χ4n) is 1.74. The van der Waals surface area contributed by atoms with Crippen molar-refractivity contribution >= 4 is 33.1 Å². The quantitative estimate of drug-likeness (QED) is 0.765. The SMILES string of the molecule is O=C(CCc1cccs1)NCCS(=O)(=O)Nc1ccccn1. The van der Waals surface area contributed by atoms with Crippen molar-refractivity contribution in [3.05, 3.63) is 46.8 Å². The largest absolute Gasteiger partial charge is 0.355 e. The molecule has 2 N–H and O–H groups in total. The molecule has 0 bridgehead atoms. The van der Waals surface area contributed by atoms with Gasteiger partial charge in [0.15, 0.2) is 0 Å². The third-order valence-electron chi connectivity index (χ3n) is 2.80. The number of carbonyl (C=O) groups excluding carboxylic acids is 1. The lowest BCUT2D eigenvalue weighted by molar-refractivity contribution is -0.120. The zero-order valence-corrected chi connectivity index (χ0v) is 13.5. The molecule has 0 saturated heterocycles. The highest BCUT2D eigenvalue weighted by atomic mass is 32.2. The van der Waals surface area contributed by atoms with Crippen LogP contribution in [-0.2, 0) is 21.2 Å². The Morgan fingerprint density at radius 3 is 2.77 bits per heavy atom. The molecule has 0 radical (unpaired) electrons. The Morgan fingerprint density at radius 1 is 1.23 bits per heavy atom. The van der Waals surface area contributed by atoms with Gasteiger partial charge in [0.2, 0.25) is 15.9 Å². The van der Waals surface area contributed by atoms with Gasteiger partial charge in [-0.3, -0.25) is 9.52 Å². The summed E-state index contributed by atoms with van der Waals surface area (Å²) in [5.41, 5.74) is 0. The highest BCUT2D eigenvalue weighted by Gasteiger charge is 2.11. The molecule has 0 aliphatic carbocycles. The molecule has 0 atom stereocenters. The third-order valence-corrected chi connectivity index (χ3v) is 4.99. The maximum absolute atomic E-state index is 11.8. The fourth-order valence-corrected chi connectivity index (χ4v) is 3.36. The van der Waals surface area contributed by atoms with Crippen LogP contribution < -0.4 is 10.0 Å². The maximum Gasteiger partial charge on any atom is 0.235 e. The molecule has 0 aliphatic rings. The molecule has 0 fully saturated rings. The van der Waals surface area contributed by atoms with E-state index in [1.54, 1.807) is 29.5 Å². The molecule has 2 aromatic heterocycles. The molecular weight excluding hydrogens is 322 g/mol. The maximum atomic E-state index is 11.8. The molecular formula is C14H17N3O3S2. The van der Waals surface area contributed by atoms with E-state index in [0.717, 1.165) is 4.88 Å². The van der Waals surface area contributed by atoms with Crippen molar-refractivity contribution in [3.8, 4) is 0 Å². The van der Waals surface area contributed by atoms with E-state index in [4.69, 9.17) is 0 Å².